The lowest BCUT2D eigenvalue weighted by Crippen LogP contribution is -2.57. The predicted molar refractivity (Wildman–Crippen MR) is 125 cm³/mol. The number of amides is 2. The zero-order valence-electron chi connectivity index (χ0n) is 19.0. The quantitative estimate of drug-likeness (QED) is 0.497. The summed E-state index contributed by atoms with van der Waals surface area (Å²) < 4.78 is 13.5. The number of carbonyl (C=O) groups excluding carboxylic acids is 2. The van der Waals surface area contributed by atoms with Crippen LogP contribution in [0.3, 0.4) is 0 Å². The van der Waals surface area contributed by atoms with Gasteiger partial charge in [-0.1, -0.05) is 25.0 Å². The van der Waals surface area contributed by atoms with Crippen LogP contribution in [0.25, 0.3) is 0 Å². The number of piperazine rings is 1. The molecule has 2 amide bonds. The number of nitro benzene ring substituents is 1. The van der Waals surface area contributed by atoms with Crippen molar-refractivity contribution >= 4 is 17.5 Å². The summed E-state index contributed by atoms with van der Waals surface area (Å²) in [5.74, 6) is -0.272. The number of hydrogen-bond acceptors (Lipinski definition) is 5. The van der Waals surface area contributed by atoms with Crippen molar-refractivity contribution in [3.8, 4) is 0 Å². The van der Waals surface area contributed by atoms with Gasteiger partial charge in [-0.25, -0.2) is 4.39 Å². The molecule has 2 aromatic rings. The molecule has 180 valence electrons. The third-order valence-corrected chi connectivity index (χ3v) is 6.79. The van der Waals surface area contributed by atoms with Crippen molar-refractivity contribution in [2.75, 3.05) is 26.2 Å². The van der Waals surface area contributed by atoms with E-state index in [1.54, 1.807) is 17.0 Å². The van der Waals surface area contributed by atoms with E-state index < -0.39 is 4.92 Å². The first-order chi connectivity index (χ1) is 16.4. The molecule has 2 aliphatic rings. The van der Waals surface area contributed by atoms with Crippen LogP contribution in [0.1, 0.15) is 41.6 Å². The molecule has 1 saturated heterocycles. The molecule has 0 spiro atoms. The van der Waals surface area contributed by atoms with E-state index in [-0.39, 0.29) is 41.8 Å². The maximum absolute atomic E-state index is 13.5. The molecule has 1 heterocycles. The molecule has 0 radical (unpaired) electrons. The molecule has 8 nitrogen and oxygen atoms in total. The van der Waals surface area contributed by atoms with Gasteiger partial charge in [0.15, 0.2) is 0 Å². The Hall–Kier alpha value is -3.33. The van der Waals surface area contributed by atoms with Gasteiger partial charge in [0.2, 0.25) is 5.91 Å². The first kappa shape index (κ1) is 23.8. The van der Waals surface area contributed by atoms with Gasteiger partial charge in [0.25, 0.3) is 11.6 Å². The van der Waals surface area contributed by atoms with Crippen molar-refractivity contribution in [2.24, 2.45) is 5.92 Å². The molecule has 4 rings (SSSR count). The molecule has 0 aromatic heterocycles. The number of nitrogens with zero attached hydrogens (tertiary/aromatic N) is 3. The number of carbonyl (C=O) groups is 2. The van der Waals surface area contributed by atoms with Crippen LogP contribution in [0.15, 0.2) is 48.5 Å². The number of nitro groups is 1. The number of non-ortho nitro benzene ring substituents is 1. The van der Waals surface area contributed by atoms with Crippen molar-refractivity contribution < 1.29 is 18.9 Å². The Balaban J connectivity index is 1.38. The minimum absolute atomic E-state index is 0.0497. The van der Waals surface area contributed by atoms with E-state index in [1.807, 2.05) is 0 Å². The van der Waals surface area contributed by atoms with Crippen molar-refractivity contribution in [1.82, 2.24) is 15.1 Å². The average Bonchev–Trinajstić information content (AvgIpc) is 3.37. The van der Waals surface area contributed by atoms with Crippen molar-refractivity contribution in [1.29, 1.82) is 0 Å². The Morgan fingerprint density at radius 3 is 2.35 bits per heavy atom. The molecule has 34 heavy (non-hydrogen) atoms. The summed E-state index contributed by atoms with van der Waals surface area (Å²) in [6.45, 7) is 2.39. The largest absolute Gasteiger partial charge is 0.351 e. The molecule has 0 bridgehead atoms. The van der Waals surface area contributed by atoms with Gasteiger partial charge in [0, 0.05) is 50.4 Å². The summed E-state index contributed by atoms with van der Waals surface area (Å²) in [6, 6.07) is 11.6. The van der Waals surface area contributed by atoms with E-state index in [9.17, 15) is 24.1 Å². The predicted octanol–water partition coefficient (Wildman–Crippen LogP) is 3.37. The van der Waals surface area contributed by atoms with Crippen LogP contribution in [-0.4, -0.2) is 58.8 Å². The van der Waals surface area contributed by atoms with Gasteiger partial charge < -0.3 is 10.2 Å². The first-order valence-electron chi connectivity index (χ1n) is 11.7. The molecule has 1 atom stereocenters. The van der Waals surface area contributed by atoms with Crippen molar-refractivity contribution in [2.45, 2.75) is 38.3 Å². The summed E-state index contributed by atoms with van der Waals surface area (Å²) in [7, 11) is 0. The van der Waals surface area contributed by atoms with E-state index in [0.29, 0.717) is 31.7 Å². The third-order valence-electron chi connectivity index (χ3n) is 6.79. The Bertz CT molecular complexity index is 1030. The normalized spacial score (nSPS) is 18.0. The second-order valence-electron chi connectivity index (χ2n) is 8.97. The topological polar surface area (TPSA) is 95.8 Å². The molecule has 1 N–H and O–H groups in total. The van der Waals surface area contributed by atoms with Crippen LogP contribution in [0.4, 0.5) is 10.1 Å². The van der Waals surface area contributed by atoms with Crippen LogP contribution >= 0.6 is 0 Å². The second-order valence-corrected chi connectivity index (χ2v) is 8.97. The van der Waals surface area contributed by atoms with Crippen LogP contribution in [0.2, 0.25) is 0 Å². The Morgan fingerprint density at radius 2 is 1.74 bits per heavy atom. The molecule has 1 unspecified atom stereocenters. The highest BCUT2D eigenvalue weighted by molar-refractivity contribution is 5.94. The molecular formula is C25H29FN4O4. The maximum Gasteiger partial charge on any atom is 0.269 e. The Labute approximate surface area is 197 Å². The van der Waals surface area contributed by atoms with Crippen molar-refractivity contribution in [3.63, 3.8) is 0 Å². The lowest BCUT2D eigenvalue weighted by molar-refractivity contribution is -0.384. The fourth-order valence-corrected chi connectivity index (χ4v) is 5.00. The van der Waals surface area contributed by atoms with Gasteiger partial charge in [0.1, 0.15) is 5.82 Å². The molecule has 1 aliphatic carbocycles. The summed E-state index contributed by atoms with van der Waals surface area (Å²) in [5.41, 5.74) is 1.08. The van der Waals surface area contributed by atoms with Gasteiger partial charge >= 0.3 is 0 Å². The Kier molecular flexibility index (Phi) is 7.52. The molecular weight excluding hydrogens is 439 g/mol. The summed E-state index contributed by atoms with van der Waals surface area (Å²) in [5, 5.41) is 13.8. The van der Waals surface area contributed by atoms with E-state index in [1.165, 1.54) is 36.4 Å². The summed E-state index contributed by atoms with van der Waals surface area (Å²) in [6.07, 6.45) is 4.22. The monoisotopic (exact) mass is 468 g/mol. The standard InChI is InChI=1S/C25H29FN4O4/c26-21-7-3-4-18(16-21)17-27-24(31)23(19-5-1-2-6-19)28-12-14-29(15-13-28)25(32)20-8-10-22(11-9-20)30(33)34/h3-4,7-11,16,19,23H,1-2,5-6,12-15,17H2,(H,27,31). The highest BCUT2D eigenvalue weighted by atomic mass is 19.1. The van der Waals surface area contributed by atoms with Gasteiger partial charge in [-0.2, -0.15) is 0 Å². The number of halogens is 1. The number of hydrogen-bond donors (Lipinski definition) is 1. The van der Waals surface area contributed by atoms with E-state index in [2.05, 4.69) is 10.2 Å². The highest BCUT2D eigenvalue weighted by Gasteiger charge is 2.37. The van der Waals surface area contributed by atoms with Gasteiger partial charge in [-0.3, -0.25) is 24.6 Å². The molecule has 1 aliphatic heterocycles. The summed E-state index contributed by atoms with van der Waals surface area (Å²) >= 11 is 0. The van der Waals surface area contributed by atoms with Crippen LogP contribution in [0, 0.1) is 21.8 Å². The minimum atomic E-state index is -0.491. The molecule has 2 aromatic carbocycles. The summed E-state index contributed by atoms with van der Waals surface area (Å²) in [4.78, 5) is 40.3. The lowest BCUT2D eigenvalue weighted by atomic mass is 9.94. The zero-order chi connectivity index (χ0) is 24.1. The maximum atomic E-state index is 13.5. The fourth-order valence-electron chi connectivity index (χ4n) is 5.00. The number of benzene rings is 2. The lowest BCUT2D eigenvalue weighted by Gasteiger charge is -2.40. The fraction of sp³-hybridized carbons (Fsp3) is 0.440. The third kappa shape index (κ3) is 5.59. The minimum Gasteiger partial charge on any atom is -0.351 e. The second kappa shape index (κ2) is 10.7. The van der Waals surface area contributed by atoms with E-state index in [0.717, 1.165) is 31.2 Å². The smallest absolute Gasteiger partial charge is 0.269 e. The molecule has 2 fully saturated rings. The number of nitrogens with one attached hydrogen (secondary N) is 1. The first-order valence-corrected chi connectivity index (χ1v) is 11.7. The highest BCUT2D eigenvalue weighted by Crippen LogP contribution is 2.31. The van der Waals surface area contributed by atoms with Gasteiger partial charge in [0.05, 0.1) is 11.0 Å². The average molecular weight is 469 g/mol. The van der Waals surface area contributed by atoms with E-state index in [4.69, 9.17) is 0 Å². The zero-order valence-corrected chi connectivity index (χ0v) is 19.0. The van der Waals surface area contributed by atoms with E-state index >= 15 is 0 Å². The number of rotatable bonds is 7. The molecule has 9 heteroatoms. The van der Waals surface area contributed by atoms with Crippen molar-refractivity contribution in [3.05, 3.63) is 75.6 Å². The van der Waals surface area contributed by atoms with Crippen LogP contribution < -0.4 is 5.32 Å². The van der Waals surface area contributed by atoms with Crippen LogP contribution in [0.5, 0.6) is 0 Å². The van der Waals surface area contributed by atoms with Gasteiger partial charge in [-0.15, -0.1) is 0 Å². The van der Waals surface area contributed by atoms with Crippen LogP contribution in [-0.2, 0) is 11.3 Å². The molecule has 1 saturated carbocycles. The SMILES string of the molecule is O=C(NCc1cccc(F)c1)C(C1CCCC1)N1CCN(C(=O)c2ccc([N+](=O)[O-])cc2)CC1. The Morgan fingerprint density at radius 1 is 1.06 bits per heavy atom. The van der Waals surface area contributed by atoms with Gasteiger partial charge in [-0.05, 0) is 48.6 Å².